The highest BCUT2D eigenvalue weighted by molar-refractivity contribution is 8.00. The number of benzene rings is 2. The van der Waals surface area contributed by atoms with Crippen LogP contribution in [0.15, 0.2) is 48.5 Å². The first-order valence-corrected chi connectivity index (χ1v) is 9.63. The summed E-state index contributed by atoms with van der Waals surface area (Å²) in [7, 11) is 0. The van der Waals surface area contributed by atoms with Crippen molar-refractivity contribution in [1.29, 1.82) is 0 Å². The van der Waals surface area contributed by atoms with Crippen LogP contribution in [0.4, 0.5) is 5.69 Å². The summed E-state index contributed by atoms with van der Waals surface area (Å²) in [6, 6.07) is 15.9. The van der Waals surface area contributed by atoms with Gasteiger partial charge in [0, 0.05) is 11.8 Å². The number of aryl methyl sites for hydroxylation is 1. The van der Waals surface area contributed by atoms with Crippen LogP contribution in [0.3, 0.4) is 0 Å². The van der Waals surface area contributed by atoms with Gasteiger partial charge >= 0.3 is 0 Å². The number of fused-ring (bicyclic) bond motifs is 1. The summed E-state index contributed by atoms with van der Waals surface area (Å²) >= 11 is 1.68. The zero-order chi connectivity index (χ0) is 17.5. The Bertz CT molecular complexity index is 705. The molecule has 132 valence electrons. The summed E-state index contributed by atoms with van der Waals surface area (Å²) in [5, 5.41) is 2.86. The number of carbonyl (C=O) groups is 1. The molecule has 1 heterocycles. The van der Waals surface area contributed by atoms with E-state index in [0.29, 0.717) is 19.0 Å². The fourth-order valence-electron chi connectivity index (χ4n) is 2.62. The second-order valence-electron chi connectivity index (χ2n) is 5.95. The minimum absolute atomic E-state index is 0.0152. The summed E-state index contributed by atoms with van der Waals surface area (Å²) in [4.78, 5) is 12.3. The average Bonchev–Trinajstić information content (AvgIpc) is 2.65. The summed E-state index contributed by atoms with van der Waals surface area (Å²) in [6.07, 6.45) is 2.11. The molecule has 0 radical (unpaired) electrons. The molecule has 1 unspecified atom stereocenters. The van der Waals surface area contributed by atoms with Crippen LogP contribution in [-0.2, 0) is 11.2 Å². The molecule has 0 aromatic heterocycles. The van der Waals surface area contributed by atoms with Crippen molar-refractivity contribution < 1.29 is 14.3 Å². The predicted molar refractivity (Wildman–Crippen MR) is 103 cm³/mol. The minimum Gasteiger partial charge on any atom is -0.486 e. The Labute approximate surface area is 152 Å². The van der Waals surface area contributed by atoms with Crippen molar-refractivity contribution in [3.8, 4) is 11.5 Å². The van der Waals surface area contributed by atoms with Crippen molar-refractivity contribution in [1.82, 2.24) is 0 Å². The van der Waals surface area contributed by atoms with E-state index in [1.165, 1.54) is 5.56 Å². The minimum atomic E-state index is -0.0935. The van der Waals surface area contributed by atoms with Crippen LogP contribution in [0.5, 0.6) is 11.5 Å². The average molecular weight is 357 g/mol. The molecule has 1 amide bonds. The number of ether oxygens (including phenoxy) is 2. The smallest absolute Gasteiger partial charge is 0.237 e. The van der Waals surface area contributed by atoms with Crippen LogP contribution in [0.1, 0.15) is 18.9 Å². The van der Waals surface area contributed by atoms with Crippen LogP contribution in [0, 0.1) is 0 Å². The van der Waals surface area contributed by atoms with Crippen LogP contribution in [-0.4, -0.2) is 30.1 Å². The van der Waals surface area contributed by atoms with Gasteiger partial charge in [0.05, 0.1) is 5.25 Å². The van der Waals surface area contributed by atoms with Gasteiger partial charge in [0.1, 0.15) is 13.2 Å². The van der Waals surface area contributed by atoms with E-state index < -0.39 is 0 Å². The van der Waals surface area contributed by atoms with E-state index >= 15 is 0 Å². The van der Waals surface area contributed by atoms with Crippen molar-refractivity contribution in [3.63, 3.8) is 0 Å². The third-order valence-corrected chi connectivity index (χ3v) is 5.24. The van der Waals surface area contributed by atoms with Gasteiger partial charge in [0.15, 0.2) is 11.5 Å². The maximum absolute atomic E-state index is 12.3. The molecular formula is C20H23NO3S. The van der Waals surface area contributed by atoms with Crippen molar-refractivity contribution >= 4 is 23.4 Å². The van der Waals surface area contributed by atoms with Crippen molar-refractivity contribution in [2.45, 2.75) is 25.0 Å². The Morgan fingerprint density at radius 1 is 1.12 bits per heavy atom. The fraction of sp³-hybridized carbons (Fsp3) is 0.350. The van der Waals surface area contributed by atoms with Crippen LogP contribution >= 0.6 is 11.8 Å². The number of hydrogen-bond donors (Lipinski definition) is 1. The van der Waals surface area contributed by atoms with Crippen LogP contribution in [0.25, 0.3) is 0 Å². The molecule has 0 aliphatic carbocycles. The number of carbonyl (C=O) groups excluding carboxylic acids is 1. The molecule has 4 nitrogen and oxygen atoms in total. The number of anilines is 1. The lowest BCUT2D eigenvalue weighted by Gasteiger charge is -2.19. The summed E-state index contributed by atoms with van der Waals surface area (Å²) in [6.45, 7) is 3.05. The van der Waals surface area contributed by atoms with E-state index in [4.69, 9.17) is 9.47 Å². The first-order valence-electron chi connectivity index (χ1n) is 8.58. The molecule has 1 aliphatic rings. The Hall–Kier alpha value is -2.14. The molecule has 1 aliphatic heterocycles. The molecular weight excluding hydrogens is 334 g/mol. The van der Waals surface area contributed by atoms with Gasteiger partial charge in [-0.2, -0.15) is 0 Å². The molecule has 2 aromatic carbocycles. The highest BCUT2D eigenvalue weighted by Gasteiger charge is 2.16. The van der Waals surface area contributed by atoms with E-state index in [1.54, 1.807) is 11.8 Å². The molecule has 0 spiro atoms. The van der Waals surface area contributed by atoms with Crippen molar-refractivity contribution in [3.05, 3.63) is 54.1 Å². The second kappa shape index (κ2) is 8.81. The van der Waals surface area contributed by atoms with Crippen molar-refractivity contribution in [2.75, 3.05) is 24.3 Å². The predicted octanol–water partition coefficient (Wildman–Crippen LogP) is 4.15. The quantitative estimate of drug-likeness (QED) is 0.756. The van der Waals surface area contributed by atoms with E-state index in [0.717, 1.165) is 30.0 Å². The SMILES string of the molecule is CC(SCCCc1ccccc1)C(=O)Nc1ccc2c(c1)OCCO2. The summed E-state index contributed by atoms with van der Waals surface area (Å²) in [5.41, 5.74) is 2.09. The van der Waals surface area contributed by atoms with Crippen LogP contribution in [0.2, 0.25) is 0 Å². The van der Waals surface area contributed by atoms with E-state index in [-0.39, 0.29) is 11.2 Å². The molecule has 1 N–H and O–H groups in total. The second-order valence-corrected chi connectivity index (χ2v) is 7.40. The highest BCUT2D eigenvalue weighted by Crippen LogP contribution is 2.32. The van der Waals surface area contributed by atoms with E-state index in [9.17, 15) is 4.79 Å². The maximum atomic E-state index is 12.3. The van der Waals surface area contributed by atoms with Gasteiger partial charge in [0.25, 0.3) is 0 Å². The Balaban J connectivity index is 1.43. The van der Waals surface area contributed by atoms with E-state index in [2.05, 4.69) is 29.6 Å². The lowest BCUT2D eigenvalue weighted by atomic mass is 10.1. The third kappa shape index (κ3) is 5.16. The summed E-state index contributed by atoms with van der Waals surface area (Å²) < 4.78 is 11.0. The van der Waals surface area contributed by atoms with Gasteiger partial charge in [0.2, 0.25) is 5.91 Å². The maximum Gasteiger partial charge on any atom is 0.237 e. The van der Waals surface area contributed by atoms with Gasteiger partial charge in [-0.1, -0.05) is 30.3 Å². The fourth-order valence-corrected chi connectivity index (χ4v) is 3.50. The summed E-state index contributed by atoms with van der Waals surface area (Å²) in [5.74, 6) is 2.39. The first-order chi connectivity index (χ1) is 12.2. The van der Waals surface area contributed by atoms with Gasteiger partial charge < -0.3 is 14.8 Å². The Kier molecular flexibility index (Phi) is 6.23. The first kappa shape index (κ1) is 17.7. The largest absolute Gasteiger partial charge is 0.486 e. The molecule has 0 saturated heterocycles. The third-order valence-electron chi connectivity index (χ3n) is 4.00. The van der Waals surface area contributed by atoms with Gasteiger partial charge in [-0.25, -0.2) is 0 Å². The zero-order valence-electron chi connectivity index (χ0n) is 14.4. The van der Waals surface area contributed by atoms with Gasteiger partial charge in [-0.15, -0.1) is 11.8 Å². The molecule has 1 atom stereocenters. The molecule has 2 aromatic rings. The molecule has 0 bridgehead atoms. The van der Waals surface area contributed by atoms with Crippen LogP contribution < -0.4 is 14.8 Å². The Morgan fingerprint density at radius 2 is 1.88 bits per heavy atom. The topological polar surface area (TPSA) is 47.6 Å². The monoisotopic (exact) mass is 357 g/mol. The Morgan fingerprint density at radius 3 is 2.68 bits per heavy atom. The molecule has 25 heavy (non-hydrogen) atoms. The number of amides is 1. The zero-order valence-corrected chi connectivity index (χ0v) is 15.2. The van der Waals surface area contributed by atoms with Gasteiger partial charge in [-0.05, 0) is 43.2 Å². The molecule has 5 heteroatoms. The number of nitrogens with one attached hydrogen (secondary N) is 1. The van der Waals surface area contributed by atoms with E-state index in [1.807, 2.05) is 31.2 Å². The lowest BCUT2D eigenvalue weighted by molar-refractivity contribution is -0.115. The standard InChI is InChI=1S/C20H23NO3S/c1-15(25-13-5-8-16-6-3-2-4-7-16)20(22)21-17-9-10-18-19(14-17)24-12-11-23-18/h2-4,6-7,9-10,14-15H,5,8,11-13H2,1H3,(H,21,22). The number of hydrogen-bond acceptors (Lipinski definition) is 4. The normalized spacial score (nSPS) is 14.0. The molecule has 0 saturated carbocycles. The van der Waals surface area contributed by atoms with Gasteiger partial charge in [-0.3, -0.25) is 4.79 Å². The highest BCUT2D eigenvalue weighted by atomic mass is 32.2. The number of thioether (sulfide) groups is 1. The lowest BCUT2D eigenvalue weighted by Crippen LogP contribution is -2.23. The number of rotatable bonds is 7. The molecule has 3 rings (SSSR count). The van der Waals surface area contributed by atoms with Crippen molar-refractivity contribution in [2.24, 2.45) is 0 Å². The molecule has 0 fully saturated rings.